The SMILES string of the molecule is Cc1cc(C)nc(N2CCC[C@H](C(=O)Nc3ccc(F)cc3F)C2)n1. The average Bonchev–Trinajstić information content (AvgIpc) is 2.56. The van der Waals surface area contributed by atoms with Gasteiger partial charge in [-0.15, -0.1) is 0 Å². The first-order chi connectivity index (χ1) is 11.9. The van der Waals surface area contributed by atoms with E-state index in [1.807, 2.05) is 24.8 Å². The second kappa shape index (κ2) is 7.13. The van der Waals surface area contributed by atoms with Crippen molar-refractivity contribution in [3.05, 3.63) is 47.3 Å². The van der Waals surface area contributed by atoms with Gasteiger partial charge in [0, 0.05) is 30.5 Å². The number of rotatable bonds is 3. The number of amides is 1. The Hall–Kier alpha value is -2.57. The number of piperidine rings is 1. The van der Waals surface area contributed by atoms with Crippen LogP contribution in [0.4, 0.5) is 20.4 Å². The molecule has 132 valence electrons. The average molecular weight is 346 g/mol. The summed E-state index contributed by atoms with van der Waals surface area (Å²) in [5.74, 6) is -1.42. The standard InChI is InChI=1S/C18H20F2N4O/c1-11-8-12(2)22-18(21-11)24-7-3-4-13(10-24)17(25)23-16-6-5-14(19)9-15(16)20/h5-6,8-9,13H,3-4,7,10H2,1-2H3,(H,23,25)/t13-/m0/s1. The fourth-order valence-electron chi connectivity index (χ4n) is 3.05. The maximum atomic E-state index is 13.7. The predicted octanol–water partition coefficient (Wildman–Crippen LogP) is 3.23. The van der Waals surface area contributed by atoms with Crippen molar-refractivity contribution in [2.75, 3.05) is 23.3 Å². The van der Waals surface area contributed by atoms with Crippen molar-refractivity contribution in [1.29, 1.82) is 0 Å². The summed E-state index contributed by atoms with van der Waals surface area (Å²) in [5, 5.41) is 2.55. The van der Waals surface area contributed by atoms with E-state index in [1.165, 1.54) is 6.07 Å². The van der Waals surface area contributed by atoms with Crippen LogP contribution in [0.2, 0.25) is 0 Å². The Kier molecular flexibility index (Phi) is 4.92. The molecule has 0 unspecified atom stereocenters. The van der Waals surface area contributed by atoms with E-state index in [-0.39, 0.29) is 17.5 Å². The molecule has 0 aliphatic carbocycles. The van der Waals surface area contributed by atoms with Gasteiger partial charge >= 0.3 is 0 Å². The molecule has 2 heterocycles. The molecule has 0 spiro atoms. The van der Waals surface area contributed by atoms with Crippen LogP contribution in [0.3, 0.4) is 0 Å². The van der Waals surface area contributed by atoms with Crippen LogP contribution in [0.25, 0.3) is 0 Å². The van der Waals surface area contributed by atoms with E-state index in [0.29, 0.717) is 18.9 Å². The fraction of sp³-hybridized carbons (Fsp3) is 0.389. The minimum atomic E-state index is -0.779. The summed E-state index contributed by atoms with van der Waals surface area (Å²) in [5.41, 5.74) is 1.75. The lowest BCUT2D eigenvalue weighted by molar-refractivity contribution is -0.120. The lowest BCUT2D eigenvalue weighted by Crippen LogP contribution is -2.41. The Labute approximate surface area is 145 Å². The van der Waals surface area contributed by atoms with Crippen molar-refractivity contribution >= 4 is 17.5 Å². The van der Waals surface area contributed by atoms with E-state index < -0.39 is 11.6 Å². The van der Waals surface area contributed by atoms with Crippen LogP contribution in [0.15, 0.2) is 24.3 Å². The largest absolute Gasteiger partial charge is 0.340 e. The fourth-order valence-corrected chi connectivity index (χ4v) is 3.05. The summed E-state index contributed by atoms with van der Waals surface area (Å²) < 4.78 is 26.7. The summed E-state index contributed by atoms with van der Waals surface area (Å²) >= 11 is 0. The van der Waals surface area contributed by atoms with Crippen molar-refractivity contribution in [2.45, 2.75) is 26.7 Å². The van der Waals surface area contributed by atoms with Crippen LogP contribution < -0.4 is 10.2 Å². The first-order valence-electron chi connectivity index (χ1n) is 8.25. The van der Waals surface area contributed by atoms with Gasteiger partial charge in [0.15, 0.2) is 0 Å². The molecule has 7 heteroatoms. The summed E-state index contributed by atoms with van der Waals surface area (Å²) in [6.45, 7) is 5.06. The van der Waals surface area contributed by atoms with Crippen molar-refractivity contribution in [3.8, 4) is 0 Å². The second-order valence-electron chi connectivity index (χ2n) is 6.35. The number of carbonyl (C=O) groups is 1. The number of nitrogens with one attached hydrogen (secondary N) is 1. The van der Waals surface area contributed by atoms with Gasteiger partial charge in [0.05, 0.1) is 11.6 Å². The number of halogens is 2. The van der Waals surface area contributed by atoms with Gasteiger partial charge in [-0.25, -0.2) is 18.7 Å². The monoisotopic (exact) mass is 346 g/mol. The molecule has 3 rings (SSSR count). The molecule has 1 N–H and O–H groups in total. The van der Waals surface area contributed by atoms with E-state index in [4.69, 9.17) is 0 Å². The van der Waals surface area contributed by atoms with Crippen LogP contribution in [0, 0.1) is 31.4 Å². The second-order valence-corrected chi connectivity index (χ2v) is 6.35. The Morgan fingerprint density at radius 1 is 1.20 bits per heavy atom. The maximum Gasteiger partial charge on any atom is 0.229 e. The van der Waals surface area contributed by atoms with Crippen molar-refractivity contribution in [1.82, 2.24) is 9.97 Å². The molecule has 1 aromatic carbocycles. The van der Waals surface area contributed by atoms with Crippen LogP contribution in [0.1, 0.15) is 24.2 Å². The molecule has 1 amide bonds. The van der Waals surface area contributed by atoms with Crippen molar-refractivity contribution < 1.29 is 13.6 Å². The zero-order chi connectivity index (χ0) is 18.0. The van der Waals surface area contributed by atoms with Gasteiger partial charge in [-0.05, 0) is 44.9 Å². The molecule has 2 aromatic rings. The molecule has 0 radical (unpaired) electrons. The van der Waals surface area contributed by atoms with Crippen LogP contribution in [-0.4, -0.2) is 29.0 Å². The topological polar surface area (TPSA) is 58.1 Å². The molecule has 1 aromatic heterocycles. The van der Waals surface area contributed by atoms with Gasteiger partial charge in [0.1, 0.15) is 11.6 Å². The molecule has 1 fully saturated rings. The molecule has 1 aliphatic heterocycles. The van der Waals surface area contributed by atoms with Gasteiger partial charge < -0.3 is 10.2 Å². The third-order valence-corrected chi connectivity index (χ3v) is 4.23. The number of aryl methyl sites for hydroxylation is 2. The molecule has 0 saturated carbocycles. The number of anilines is 2. The van der Waals surface area contributed by atoms with E-state index in [9.17, 15) is 13.6 Å². The highest BCUT2D eigenvalue weighted by molar-refractivity contribution is 5.93. The summed E-state index contributed by atoms with van der Waals surface area (Å²) in [6, 6.07) is 5.01. The normalized spacial score (nSPS) is 17.4. The van der Waals surface area contributed by atoms with Crippen molar-refractivity contribution in [2.24, 2.45) is 5.92 Å². The van der Waals surface area contributed by atoms with Crippen LogP contribution >= 0.6 is 0 Å². The van der Waals surface area contributed by atoms with E-state index in [0.717, 1.165) is 36.5 Å². The van der Waals surface area contributed by atoms with Crippen molar-refractivity contribution in [3.63, 3.8) is 0 Å². The highest BCUT2D eigenvalue weighted by Crippen LogP contribution is 2.23. The number of hydrogen-bond donors (Lipinski definition) is 1. The Balaban J connectivity index is 1.71. The van der Waals surface area contributed by atoms with Gasteiger partial charge in [0.25, 0.3) is 0 Å². The quantitative estimate of drug-likeness (QED) is 0.927. The molecule has 1 aliphatic rings. The summed E-state index contributed by atoms with van der Waals surface area (Å²) in [7, 11) is 0. The minimum absolute atomic E-state index is 0.00817. The Morgan fingerprint density at radius 2 is 1.92 bits per heavy atom. The first-order valence-corrected chi connectivity index (χ1v) is 8.25. The Bertz CT molecular complexity index is 776. The predicted molar refractivity (Wildman–Crippen MR) is 91.4 cm³/mol. The van der Waals surface area contributed by atoms with Gasteiger partial charge in [0.2, 0.25) is 11.9 Å². The Morgan fingerprint density at radius 3 is 2.60 bits per heavy atom. The van der Waals surface area contributed by atoms with E-state index in [1.54, 1.807) is 0 Å². The summed E-state index contributed by atoms with van der Waals surface area (Å²) in [6.07, 6.45) is 1.52. The third kappa shape index (κ3) is 4.10. The summed E-state index contributed by atoms with van der Waals surface area (Å²) in [4.78, 5) is 23.3. The number of hydrogen-bond acceptors (Lipinski definition) is 4. The minimum Gasteiger partial charge on any atom is -0.340 e. The number of benzene rings is 1. The zero-order valence-corrected chi connectivity index (χ0v) is 14.2. The molecular weight excluding hydrogens is 326 g/mol. The molecular formula is C18H20F2N4O. The lowest BCUT2D eigenvalue weighted by atomic mass is 9.97. The first kappa shape index (κ1) is 17.3. The number of aromatic nitrogens is 2. The van der Waals surface area contributed by atoms with Crippen LogP contribution in [0.5, 0.6) is 0 Å². The third-order valence-electron chi connectivity index (χ3n) is 4.23. The van der Waals surface area contributed by atoms with E-state index in [2.05, 4.69) is 15.3 Å². The molecule has 1 saturated heterocycles. The molecule has 0 bridgehead atoms. The van der Waals surface area contributed by atoms with Crippen LogP contribution in [-0.2, 0) is 4.79 Å². The molecule has 25 heavy (non-hydrogen) atoms. The van der Waals surface area contributed by atoms with Gasteiger partial charge in [-0.2, -0.15) is 0 Å². The smallest absolute Gasteiger partial charge is 0.229 e. The highest BCUT2D eigenvalue weighted by atomic mass is 19.1. The highest BCUT2D eigenvalue weighted by Gasteiger charge is 2.28. The van der Waals surface area contributed by atoms with Gasteiger partial charge in [-0.1, -0.05) is 0 Å². The lowest BCUT2D eigenvalue weighted by Gasteiger charge is -2.32. The van der Waals surface area contributed by atoms with E-state index >= 15 is 0 Å². The zero-order valence-electron chi connectivity index (χ0n) is 14.2. The number of nitrogens with zero attached hydrogens (tertiary/aromatic N) is 3. The maximum absolute atomic E-state index is 13.7. The number of carbonyl (C=O) groups excluding carboxylic acids is 1. The molecule has 1 atom stereocenters. The van der Waals surface area contributed by atoms with Gasteiger partial charge in [-0.3, -0.25) is 4.79 Å². The molecule has 5 nitrogen and oxygen atoms in total.